The van der Waals surface area contributed by atoms with E-state index < -0.39 is 0 Å². The molecule has 1 aromatic heterocycles. The highest BCUT2D eigenvalue weighted by atomic mass is 16.5. The molecule has 0 spiro atoms. The second-order valence-electron chi connectivity index (χ2n) is 8.80. The van der Waals surface area contributed by atoms with Gasteiger partial charge in [0, 0.05) is 43.5 Å². The lowest BCUT2D eigenvalue weighted by Gasteiger charge is -2.35. The van der Waals surface area contributed by atoms with Gasteiger partial charge in [0.15, 0.2) is 11.5 Å². The summed E-state index contributed by atoms with van der Waals surface area (Å²) < 4.78 is 10.8. The summed E-state index contributed by atoms with van der Waals surface area (Å²) in [6, 6.07) is 12.1. The summed E-state index contributed by atoms with van der Waals surface area (Å²) in [7, 11) is 3.18. The van der Waals surface area contributed by atoms with Gasteiger partial charge in [-0.15, -0.1) is 0 Å². The molecule has 2 aromatic carbocycles. The molecule has 1 saturated carbocycles. The zero-order chi connectivity index (χ0) is 23.1. The van der Waals surface area contributed by atoms with Crippen molar-refractivity contribution in [2.75, 3.05) is 51.0 Å². The van der Waals surface area contributed by atoms with Gasteiger partial charge in [-0.25, -0.2) is 4.98 Å². The first-order valence-electron chi connectivity index (χ1n) is 11.3. The number of ether oxygens (including phenoxy) is 2. The molecule has 1 amide bonds. The molecule has 2 heterocycles. The highest BCUT2D eigenvalue weighted by Gasteiger charge is 2.46. The highest BCUT2D eigenvalue weighted by Crippen LogP contribution is 2.48. The number of anilines is 2. The number of benzene rings is 2. The Morgan fingerprint density at radius 1 is 1.00 bits per heavy atom. The van der Waals surface area contributed by atoms with Crippen molar-refractivity contribution in [3.63, 3.8) is 0 Å². The van der Waals surface area contributed by atoms with Crippen molar-refractivity contribution in [3.05, 3.63) is 47.5 Å². The molecule has 2 aliphatic rings. The van der Waals surface area contributed by atoms with Crippen LogP contribution in [0.5, 0.6) is 11.5 Å². The normalized spacial score (nSPS) is 20.1. The number of nitrogen functional groups attached to an aromatic ring is 1. The van der Waals surface area contributed by atoms with Crippen LogP contribution < -0.4 is 20.1 Å². The first-order chi connectivity index (χ1) is 16.0. The van der Waals surface area contributed by atoms with Crippen LogP contribution in [0.1, 0.15) is 23.5 Å². The number of aryl methyl sites for hydroxylation is 1. The lowest BCUT2D eigenvalue weighted by Crippen LogP contribution is -2.49. The van der Waals surface area contributed by atoms with Crippen LogP contribution in [0.3, 0.4) is 0 Å². The summed E-state index contributed by atoms with van der Waals surface area (Å²) in [6.45, 7) is 4.74. The maximum Gasteiger partial charge on any atom is 0.228 e. The molecule has 0 radical (unpaired) electrons. The smallest absolute Gasteiger partial charge is 0.228 e. The van der Waals surface area contributed by atoms with E-state index in [0.29, 0.717) is 60.9 Å². The number of methoxy groups -OCH3 is 2. The molecule has 1 saturated heterocycles. The summed E-state index contributed by atoms with van der Waals surface area (Å²) in [5.74, 6) is 2.87. The third kappa shape index (κ3) is 4.01. The number of hydrogen-bond donors (Lipinski definition) is 1. The summed E-state index contributed by atoms with van der Waals surface area (Å²) in [6.07, 6.45) is 0.942. The first kappa shape index (κ1) is 21.3. The Labute approximate surface area is 193 Å². The number of rotatable bonds is 5. The van der Waals surface area contributed by atoms with Crippen LogP contribution in [-0.4, -0.2) is 61.2 Å². The Bertz CT molecular complexity index is 1190. The van der Waals surface area contributed by atoms with E-state index in [4.69, 9.17) is 20.2 Å². The molecule has 1 aliphatic carbocycles. The lowest BCUT2D eigenvalue weighted by molar-refractivity contribution is -0.133. The van der Waals surface area contributed by atoms with Gasteiger partial charge in [0.2, 0.25) is 11.9 Å². The molecule has 33 heavy (non-hydrogen) atoms. The summed E-state index contributed by atoms with van der Waals surface area (Å²) in [4.78, 5) is 26.3. The van der Waals surface area contributed by atoms with Gasteiger partial charge in [0.1, 0.15) is 5.82 Å². The molecule has 8 nitrogen and oxygen atoms in total. The highest BCUT2D eigenvalue weighted by molar-refractivity contribution is 5.91. The topological polar surface area (TPSA) is 93.8 Å². The number of aromatic nitrogens is 2. The van der Waals surface area contributed by atoms with Gasteiger partial charge in [0.25, 0.3) is 0 Å². The van der Waals surface area contributed by atoms with Gasteiger partial charge < -0.3 is 25.0 Å². The van der Waals surface area contributed by atoms with Crippen LogP contribution in [0, 0.1) is 12.8 Å². The van der Waals surface area contributed by atoms with Gasteiger partial charge in [-0.3, -0.25) is 4.79 Å². The van der Waals surface area contributed by atoms with E-state index in [2.05, 4.69) is 41.1 Å². The Balaban J connectivity index is 1.26. The molecule has 1 aliphatic heterocycles. The largest absolute Gasteiger partial charge is 0.493 e. The van der Waals surface area contributed by atoms with Crippen LogP contribution >= 0.6 is 0 Å². The van der Waals surface area contributed by atoms with Crippen molar-refractivity contribution in [2.24, 2.45) is 5.92 Å². The minimum Gasteiger partial charge on any atom is -0.493 e. The average Bonchev–Trinajstić information content (AvgIpc) is 3.64. The Hall–Kier alpha value is -3.55. The standard InChI is InChI=1S/C25H29N5O3/c1-15-4-6-16(7-5-15)17-12-18(17)24(31)29-8-10-30(11-9-29)25-27-20-14-22(33-3)21(32-2)13-19(20)23(26)28-25/h4-7,13-14,17-18H,8-12H2,1-3H3,(H2,26,27,28)/t17-,18+/m0/s1. The van der Waals surface area contributed by atoms with Gasteiger partial charge in [-0.1, -0.05) is 29.8 Å². The number of fused-ring (bicyclic) bond motifs is 1. The van der Waals surface area contributed by atoms with Gasteiger partial charge in [-0.2, -0.15) is 4.98 Å². The molecule has 0 bridgehead atoms. The Kier molecular flexibility index (Phi) is 5.44. The van der Waals surface area contributed by atoms with Gasteiger partial charge >= 0.3 is 0 Å². The fourth-order valence-electron chi connectivity index (χ4n) is 4.62. The molecule has 3 aromatic rings. The number of nitrogens with two attached hydrogens (primary N) is 1. The van der Waals surface area contributed by atoms with Gasteiger partial charge in [0.05, 0.1) is 19.7 Å². The van der Waals surface area contributed by atoms with Crippen molar-refractivity contribution in [1.29, 1.82) is 0 Å². The third-order valence-electron chi connectivity index (χ3n) is 6.71. The van der Waals surface area contributed by atoms with Crippen molar-refractivity contribution in [3.8, 4) is 11.5 Å². The number of carbonyl (C=O) groups is 1. The maximum absolute atomic E-state index is 13.0. The van der Waals surface area contributed by atoms with Crippen LogP contribution in [-0.2, 0) is 4.79 Å². The molecule has 2 N–H and O–H groups in total. The van der Waals surface area contributed by atoms with E-state index in [-0.39, 0.29) is 11.8 Å². The van der Waals surface area contributed by atoms with Crippen LogP contribution in [0.2, 0.25) is 0 Å². The van der Waals surface area contributed by atoms with Crippen molar-refractivity contribution in [1.82, 2.24) is 14.9 Å². The Morgan fingerprint density at radius 2 is 1.67 bits per heavy atom. The minimum atomic E-state index is 0.106. The minimum absolute atomic E-state index is 0.106. The predicted octanol–water partition coefficient (Wildman–Crippen LogP) is 2.99. The summed E-state index contributed by atoms with van der Waals surface area (Å²) in [5, 5.41) is 0.723. The van der Waals surface area contributed by atoms with Crippen molar-refractivity contribution in [2.45, 2.75) is 19.3 Å². The van der Waals surface area contributed by atoms with Gasteiger partial charge in [-0.05, 0) is 30.9 Å². The summed E-state index contributed by atoms with van der Waals surface area (Å²) in [5.41, 5.74) is 9.46. The quantitative estimate of drug-likeness (QED) is 0.643. The summed E-state index contributed by atoms with van der Waals surface area (Å²) >= 11 is 0. The first-order valence-corrected chi connectivity index (χ1v) is 11.3. The van der Waals surface area contributed by atoms with Crippen molar-refractivity contribution >= 4 is 28.6 Å². The molecule has 5 rings (SSSR count). The molecule has 0 unspecified atom stereocenters. The lowest BCUT2D eigenvalue weighted by atomic mass is 10.1. The number of hydrogen-bond acceptors (Lipinski definition) is 7. The second-order valence-corrected chi connectivity index (χ2v) is 8.80. The fourth-order valence-corrected chi connectivity index (χ4v) is 4.62. The molecular weight excluding hydrogens is 418 g/mol. The van der Waals surface area contributed by atoms with E-state index in [0.717, 1.165) is 11.8 Å². The molecular formula is C25H29N5O3. The number of carbonyl (C=O) groups excluding carboxylic acids is 1. The SMILES string of the molecule is COc1cc2nc(N3CCN(C(=O)[C@@H]4C[C@H]4c4ccc(C)cc4)CC3)nc(N)c2cc1OC. The maximum atomic E-state index is 13.0. The van der Waals surface area contributed by atoms with E-state index in [1.54, 1.807) is 20.3 Å². The third-order valence-corrected chi connectivity index (χ3v) is 6.71. The molecule has 2 atom stereocenters. The zero-order valence-corrected chi connectivity index (χ0v) is 19.2. The van der Waals surface area contributed by atoms with E-state index in [1.807, 2.05) is 11.0 Å². The second kappa shape index (κ2) is 8.42. The monoisotopic (exact) mass is 447 g/mol. The number of nitrogens with zero attached hydrogens (tertiary/aromatic N) is 4. The van der Waals surface area contributed by atoms with E-state index in [9.17, 15) is 4.79 Å². The molecule has 8 heteroatoms. The van der Waals surface area contributed by atoms with E-state index >= 15 is 0 Å². The van der Waals surface area contributed by atoms with Crippen LogP contribution in [0.25, 0.3) is 10.9 Å². The number of piperazine rings is 1. The fraction of sp³-hybridized carbons (Fsp3) is 0.400. The zero-order valence-electron chi connectivity index (χ0n) is 19.2. The van der Waals surface area contributed by atoms with Crippen molar-refractivity contribution < 1.29 is 14.3 Å². The number of amides is 1. The van der Waals surface area contributed by atoms with E-state index in [1.165, 1.54) is 11.1 Å². The molecule has 172 valence electrons. The molecule has 2 fully saturated rings. The predicted molar refractivity (Wildman–Crippen MR) is 128 cm³/mol. The average molecular weight is 448 g/mol. The Morgan fingerprint density at radius 3 is 2.33 bits per heavy atom. The van der Waals surface area contributed by atoms with Crippen LogP contribution in [0.4, 0.5) is 11.8 Å². The van der Waals surface area contributed by atoms with Crippen LogP contribution in [0.15, 0.2) is 36.4 Å².